The van der Waals surface area contributed by atoms with Crippen molar-refractivity contribution in [3.05, 3.63) is 113 Å². The Kier molecular flexibility index (Phi) is 8.93. The molecule has 1 aliphatic carbocycles. The van der Waals surface area contributed by atoms with Gasteiger partial charge in [0.05, 0.1) is 0 Å². The maximum absolute atomic E-state index is 4.08. The molecule has 1 aromatic rings. The summed E-state index contributed by atoms with van der Waals surface area (Å²) < 4.78 is 0. The summed E-state index contributed by atoms with van der Waals surface area (Å²) in [5.74, 6) is 0. The normalized spacial score (nSPS) is 17.2. The highest BCUT2D eigenvalue weighted by Crippen LogP contribution is 2.39. The molecular weight excluding hydrogens is 348 g/mol. The molecule has 0 saturated carbocycles. The van der Waals surface area contributed by atoms with Gasteiger partial charge in [-0.2, -0.15) is 0 Å². The van der Waals surface area contributed by atoms with Crippen molar-refractivity contribution >= 4 is 6.08 Å². The maximum atomic E-state index is 4.08. The molecular formula is C29H36. The van der Waals surface area contributed by atoms with E-state index in [0.29, 0.717) is 0 Å². The van der Waals surface area contributed by atoms with E-state index in [1.807, 2.05) is 18.2 Å². The Bertz CT molecular complexity index is 880. The number of rotatable bonds is 9. The molecule has 0 heterocycles. The predicted octanol–water partition coefficient (Wildman–Crippen LogP) is 8.71. The minimum atomic E-state index is 0.818. The van der Waals surface area contributed by atoms with E-state index in [1.54, 1.807) is 0 Å². The third kappa shape index (κ3) is 5.70. The second-order valence-corrected chi connectivity index (χ2v) is 7.67. The van der Waals surface area contributed by atoms with Gasteiger partial charge >= 0.3 is 0 Å². The first-order valence-corrected chi connectivity index (χ1v) is 10.8. The van der Waals surface area contributed by atoms with E-state index < -0.39 is 0 Å². The van der Waals surface area contributed by atoms with Crippen LogP contribution < -0.4 is 0 Å². The Balaban J connectivity index is 2.60. The van der Waals surface area contributed by atoms with Crippen LogP contribution in [-0.2, 0) is 6.42 Å². The summed E-state index contributed by atoms with van der Waals surface area (Å²) in [7, 11) is 0. The van der Waals surface area contributed by atoms with E-state index in [2.05, 4.69) is 76.9 Å². The van der Waals surface area contributed by atoms with Crippen molar-refractivity contribution in [2.75, 3.05) is 0 Å². The van der Waals surface area contributed by atoms with Crippen LogP contribution in [0, 0.1) is 0 Å². The average molecular weight is 385 g/mol. The topological polar surface area (TPSA) is 0 Å². The van der Waals surface area contributed by atoms with Crippen molar-refractivity contribution in [2.24, 2.45) is 0 Å². The molecule has 0 atom stereocenters. The zero-order valence-corrected chi connectivity index (χ0v) is 18.6. The lowest BCUT2D eigenvalue weighted by atomic mass is 9.79. The molecule has 0 saturated heterocycles. The monoisotopic (exact) mass is 384 g/mol. The van der Waals surface area contributed by atoms with Gasteiger partial charge in [0.2, 0.25) is 0 Å². The Morgan fingerprint density at radius 3 is 2.52 bits per heavy atom. The molecule has 1 aromatic carbocycles. The molecule has 0 aromatic heterocycles. The van der Waals surface area contributed by atoms with Crippen molar-refractivity contribution in [1.82, 2.24) is 0 Å². The molecule has 2 rings (SSSR count). The first-order chi connectivity index (χ1) is 14.1. The second-order valence-electron chi connectivity index (χ2n) is 7.67. The van der Waals surface area contributed by atoms with Gasteiger partial charge in [-0.05, 0) is 90.5 Å². The Labute approximate surface area is 178 Å². The molecule has 1 aliphatic rings. The van der Waals surface area contributed by atoms with Gasteiger partial charge in [0, 0.05) is 0 Å². The van der Waals surface area contributed by atoms with Crippen molar-refractivity contribution < 1.29 is 0 Å². The number of allylic oxidation sites excluding steroid dienone is 10. The maximum Gasteiger partial charge on any atom is -0.00941 e. The predicted molar refractivity (Wildman–Crippen MR) is 131 cm³/mol. The van der Waals surface area contributed by atoms with E-state index in [-0.39, 0.29) is 0 Å². The largest absolute Gasteiger partial charge is 0.103 e. The van der Waals surface area contributed by atoms with Gasteiger partial charge in [-0.3, -0.25) is 0 Å². The van der Waals surface area contributed by atoms with Gasteiger partial charge in [-0.15, -0.1) is 6.58 Å². The van der Waals surface area contributed by atoms with Crippen LogP contribution in [0.3, 0.4) is 0 Å². The van der Waals surface area contributed by atoms with Crippen LogP contribution in [0.15, 0.2) is 102 Å². The molecule has 152 valence electrons. The summed E-state index contributed by atoms with van der Waals surface area (Å²) in [5, 5.41) is 0. The van der Waals surface area contributed by atoms with E-state index in [4.69, 9.17) is 0 Å². The molecule has 0 bridgehead atoms. The van der Waals surface area contributed by atoms with E-state index in [1.165, 1.54) is 57.4 Å². The Morgan fingerprint density at radius 1 is 1.10 bits per heavy atom. The minimum Gasteiger partial charge on any atom is -0.103 e. The molecule has 0 unspecified atom stereocenters. The molecule has 0 amide bonds. The minimum absolute atomic E-state index is 0.818. The molecule has 29 heavy (non-hydrogen) atoms. The summed E-state index contributed by atoms with van der Waals surface area (Å²) in [6.45, 7) is 18.7. The van der Waals surface area contributed by atoms with Gasteiger partial charge in [0.15, 0.2) is 0 Å². The lowest BCUT2D eigenvalue weighted by molar-refractivity contribution is 0.772. The lowest BCUT2D eigenvalue weighted by Crippen LogP contribution is -2.07. The van der Waals surface area contributed by atoms with Gasteiger partial charge < -0.3 is 0 Å². The summed E-state index contributed by atoms with van der Waals surface area (Å²) >= 11 is 0. The quantitative estimate of drug-likeness (QED) is 0.295. The molecule has 0 radical (unpaired) electrons. The molecule has 0 heteroatoms. The molecule has 0 N–H and O–H groups in total. The zero-order valence-electron chi connectivity index (χ0n) is 18.6. The standard InChI is InChI=1S/C29H36/c1-7-14-23-16-12-17-24(20-23)21-27-18-13-19-28(22(27)6)29(25(9-3)10-4)26(11-5)15-8-2/h8-12,16-17,20-21H,2-3,5,7,13-15,18-19H2,1,4,6H3/b25-10-,27-21+,29-26-. The van der Waals surface area contributed by atoms with Crippen LogP contribution in [0.1, 0.15) is 64.0 Å². The van der Waals surface area contributed by atoms with E-state index in [0.717, 1.165) is 25.7 Å². The molecule has 0 nitrogen and oxygen atoms in total. The van der Waals surface area contributed by atoms with Crippen LogP contribution in [0.2, 0.25) is 0 Å². The summed E-state index contributed by atoms with van der Waals surface area (Å²) in [6.07, 6.45) is 17.0. The van der Waals surface area contributed by atoms with E-state index in [9.17, 15) is 0 Å². The van der Waals surface area contributed by atoms with Gasteiger partial charge in [0.25, 0.3) is 0 Å². The summed E-state index contributed by atoms with van der Waals surface area (Å²) in [4.78, 5) is 0. The van der Waals surface area contributed by atoms with Crippen molar-refractivity contribution in [3.63, 3.8) is 0 Å². The molecule has 0 spiro atoms. The van der Waals surface area contributed by atoms with Crippen LogP contribution >= 0.6 is 0 Å². The first kappa shape index (κ1) is 22.7. The summed E-state index contributed by atoms with van der Waals surface area (Å²) in [5.41, 5.74) is 10.7. The number of aryl methyl sites for hydroxylation is 1. The fourth-order valence-corrected chi connectivity index (χ4v) is 4.21. The van der Waals surface area contributed by atoms with Crippen molar-refractivity contribution in [1.29, 1.82) is 0 Å². The van der Waals surface area contributed by atoms with Gasteiger partial charge in [-0.1, -0.05) is 81.1 Å². The summed E-state index contributed by atoms with van der Waals surface area (Å²) in [6, 6.07) is 8.97. The van der Waals surface area contributed by atoms with Crippen LogP contribution in [0.4, 0.5) is 0 Å². The second kappa shape index (κ2) is 11.4. The fraction of sp³-hybridized carbons (Fsp3) is 0.310. The smallest absolute Gasteiger partial charge is 0.00941 e. The Hall–Kier alpha value is -2.60. The number of hydrogen-bond acceptors (Lipinski definition) is 0. The van der Waals surface area contributed by atoms with Crippen molar-refractivity contribution in [3.8, 4) is 0 Å². The molecule has 0 fully saturated rings. The number of benzene rings is 1. The third-order valence-electron chi connectivity index (χ3n) is 5.69. The third-order valence-corrected chi connectivity index (χ3v) is 5.69. The van der Waals surface area contributed by atoms with Crippen LogP contribution in [0.25, 0.3) is 6.08 Å². The Morgan fingerprint density at radius 2 is 1.90 bits per heavy atom. The van der Waals surface area contributed by atoms with Crippen LogP contribution in [-0.4, -0.2) is 0 Å². The molecule has 0 aliphatic heterocycles. The fourth-order valence-electron chi connectivity index (χ4n) is 4.21. The SMILES string of the molecule is C=CC/C(C=C)=C(C1=C(C)/C(=C/c2cccc(CCC)c2)CCC1)/C(C=C)=C\C. The van der Waals surface area contributed by atoms with Crippen LogP contribution in [0.5, 0.6) is 0 Å². The highest BCUT2D eigenvalue weighted by atomic mass is 14.2. The van der Waals surface area contributed by atoms with E-state index >= 15 is 0 Å². The highest BCUT2D eigenvalue weighted by molar-refractivity contribution is 5.66. The first-order valence-electron chi connectivity index (χ1n) is 10.8. The average Bonchev–Trinajstić information content (AvgIpc) is 2.73. The highest BCUT2D eigenvalue weighted by Gasteiger charge is 2.20. The number of hydrogen-bond donors (Lipinski definition) is 0. The van der Waals surface area contributed by atoms with Gasteiger partial charge in [-0.25, -0.2) is 0 Å². The zero-order chi connectivity index (χ0) is 21.2. The lowest BCUT2D eigenvalue weighted by Gasteiger charge is -2.26. The van der Waals surface area contributed by atoms with Gasteiger partial charge in [0.1, 0.15) is 0 Å². The van der Waals surface area contributed by atoms with Crippen molar-refractivity contribution in [2.45, 2.75) is 59.3 Å².